The second kappa shape index (κ2) is 3.95. The van der Waals surface area contributed by atoms with Gasteiger partial charge in [-0.05, 0) is 23.4 Å². The smallest absolute Gasteiger partial charge is 0.234 e. The van der Waals surface area contributed by atoms with Crippen LogP contribution in [0.2, 0.25) is 0 Å². The van der Waals surface area contributed by atoms with Crippen molar-refractivity contribution in [3.63, 3.8) is 0 Å². The molecule has 0 saturated carbocycles. The second-order valence-electron chi connectivity index (χ2n) is 5.55. The Hall–Kier alpha value is -2.62. The van der Waals surface area contributed by atoms with Crippen LogP contribution < -0.4 is 4.90 Å². The maximum atomic E-state index is 12.3. The largest absolute Gasteiger partial charge is 0.507 e. The van der Waals surface area contributed by atoms with Gasteiger partial charge in [0.25, 0.3) is 0 Å². The van der Waals surface area contributed by atoms with Crippen molar-refractivity contribution in [1.82, 2.24) is 0 Å². The molecule has 1 N–H and O–H groups in total. The maximum Gasteiger partial charge on any atom is 0.234 e. The summed E-state index contributed by atoms with van der Waals surface area (Å²) in [6.07, 6.45) is 1.92. The summed E-state index contributed by atoms with van der Waals surface area (Å²) in [4.78, 5) is 26.1. The van der Waals surface area contributed by atoms with E-state index in [9.17, 15) is 14.7 Å². The molecular weight excluding hydrogens is 266 g/mol. The molecule has 1 heterocycles. The summed E-state index contributed by atoms with van der Waals surface area (Å²) < 4.78 is 0. The Morgan fingerprint density at radius 3 is 2.86 bits per heavy atom. The van der Waals surface area contributed by atoms with Crippen molar-refractivity contribution in [2.45, 2.75) is 6.42 Å². The van der Waals surface area contributed by atoms with Gasteiger partial charge < -0.3 is 10.0 Å². The standard InChI is InChI=1S/C17H13NO3/c1-18-6-5-9-3-2-4-10-15(9)12(18)7-11-13(19)8-14(20)17(21)16(10)11/h2-4,7-8,19H,5-6H2,1H3. The molecule has 0 amide bonds. The second-order valence-corrected chi connectivity index (χ2v) is 5.55. The van der Waals surface area contributed by atoms with Crippen LogP contribution in [0.4, 0.5) is 5.69 Å². The maximum absolute atomic E-state index is 12.3. The van der Waals surface area contributed by atoms with Gasteiger partial charge in [-0.3, -0.25) is 9.59 Å². The lowest BCUT2D eigenvalue weighted by molar-refractivity contribution is -0.111. The summed E-state index contributed by atoms with van der Waals surface area (Å²) in [6, 6.07) is 7.62. The van der Waals surface area contributed by atoms with Gasteiger partial charge in [-0.1, -0.05) is 18.2 Å². The van der Waals surface area contributed by atoms with Crippen molar-refractivity contribution in [2.24, 2.45) is 0 Å². The number of hydrogen-bond acceptors (Lipinski definition) is 4. The highest BCUT2D eigenvalue weighted by Gasteiger charge is 2.30. The van der Waals surface area contributed by atoms with E-state index in [1.54, 1.807) is 0 Å². The van der Waals surface area contributed by atoms with Crippen LogP contribution in [-0.4, -0.2) is 30.3 Å². The van der Waals surface area contributed by atoms with Crippen LogP contribution in [0, 0.1) is 0 Å². The molecule has 2 aliphatic rings. The van der Waals surface area contributed by atoms with E-state index in [2.05, 4.69) is 11.0 Å². The third-order valence-corrected chi connectivity index (χ3v) is 4.35. The third kappa shape index (κ3) is 1.50. The SMILES string of the molecule is CN1CCc2cccc3c4c(cc1c23)C(O)=CC(=O)C4=O. The van der Waals surface area contributed by atoms with Gasteiger partial charge in [0.05, 0.1) is 0 Å². The number of fused-ring (bicyclic) bond motifs is 2. The van der Waals surface area contributed by atoms with Gasteiger partial charge >= 0.3 is 0 Å². The zero-order valence-corrected chi connectivity index (χ0v) is 11.5. The molecule has 0 atom stereocenters. The number of Topliss-reactive ketones (excluding diaryl/α,β-unsaturated/α-hetero) is 1. The average Bonchev–Trinajstić information content (AvgIpc) is 2.48. The predicted molar refractivity (Wildman–Crippen MR) is 80.9 cm³/mol. The van der Waals surface area contributed by atoms with Gasteiger partial charge in [-0.15, -0.1) is 0 Å². The first kappa shape index (κ1) is 12.1. The van der Waals surface area contributed by atoms with Gasteiger partial charge in [0.1, 0.15) is 5.76 Å². The lowest BCUT2D eigenvalue weighted by Gasteiger charge is -2.30. The third-order valence-electron chi connectivity index (χ3n) is 4.35. The Labute approximate surface area is 121 Å². The number of hydrogen-bond donors (Lipinski definition) is 1. The highest BCUT2D eigenvalue weighted by atomic mass is 16.3. The Kier molecular flexibility index (Phi) is 2.28. The minimum atomic E-state index is -0.662. The molecule has 0 saturated heterocycles. The molecule has 4 nitrogen and oxygen atoms in total. The number of carbonyl (C=O) groups excluding carboxylic acids is 2. The van der Waals surface area contributed by atoms with E-state index in [0.717, 1.165) is 35.5 Å². The molecule has 0 unspecified atom stereocenters. The molecule has 1 aliphatic carbocycles. The molecule has 0 aromatic heterocycles. The van der Waals surface area contributed by atoms with Crippen molar-refractivity contribution in [2.75, 3.05) is 18.5 Å². The topological polar surface area (TPSA) is 57.6 Å². The highest BCUT2D eigenvalue weighted by molar-refractivity contribution is 6.52. The van der Waals surface area contributed by atoms with Crippen molar-refractivity contribution < 1.29 is 14.7 Å². The van der Waals surface area contributed by atoms with Crippen molar-refractivity contribution in [3.8, 4) is 0 Å². The van der Waals surface area contributed by atoms with Crippen LogP contribution in [0.3, 0.4) is 0 Å². The Bertz CT molecular complexity index is 864. The van der Waals surface area contributed by atoms with E-state index >= 15 is 0 Å². The number of aliphatic hydroxyl groups is 1. The summed E-state index contributed by atoms with van der Waals surface area (Å²) in [7, 11) is 1.99. The molecule has 0 radical (unpaired) electrons. The molecule has 1 aliphatic heterocycles. The Morgan fingerprint density at radius 1 is 1.24 bits per heavy atom. The van der Waals surface area contributed by atoms with E-state index in [4.69, 9.17) is 0 Å². The van der Waals surface area contributed by atoms with Gasteiger partial charge in [-0.2, -0.15) is 0 Å². The molecule has 4 heteroatoms. The fourth-order valence-corrected chi connectivity index (χ4v) is 3.29. The number of allylic oxidation sites excluding steroid dienone is 1. The number of ketones is 2. The van der Waals surface area contributed by atoms with Gasteiger partial charge in [0, 0.05) is 41.9 Å². The lowest BCUT2D eigenvalue weighted by Crippen LogP contribution is -2.26. The number of carbonyl (C=O) groups is 2. The minimum Gasteiger partial charge on any atom is -0.507 e. The summed E-state index contributed by atoms with van der Waals surface area (Å²) in [5.74, 6) is -1.33. The van der Waals surface area contributed by atoms with Gasteiger partial charge in [-0.25, -0.2) is 0 Å². The number of likely N-dealkylation sites (N-methyl/N-ethyl adjacent to an activating group) is 1. The first-order valence-corrected chi connectivity index (χ1v) is 6.87. The number of rotatable bonds is 0. The van der Waals surface area contributed by atoms with E-state index in [0.29, 0.717) is 11.1 Å². The normalized spacial score (nSPS) is 17.0. The van der Waals surface area contributed by atoms with Crippen molar-refractivity contribution in [1.29, 1.82) is 0 Å². The van der Waals surface area contributed by atoms with Crippen molar-refractivity contribution in [3.05, 3.63) is 47.0 Å². The van der Waals surface area contributed by atoms with E-state index in [-0.39, 0.29) is 5.76 Å². The molecule has 104 valence electrons. The monoisotopic (exact) mass is 279 g/mol. The Morgan fingerprint density at radius 2 is 2.05 bits per heavy atom. The highest BCUT2D eigenvalue weighted by Crippen LogP contribution is 2.40. The number of anilines is 1. The quantitative estimate of drug-likeness (QED) is 0.753. The lowest BCUT2D eigenvalue weighted by atomic mass is 9.85. The summed E-state index contributed by atoms with van der Waals surface area (Å²) in [6.45, 7) is 0.891. The first-order chi connectivity index (χ1) is 10.1. The zero-order chi connectivity index (χ0) is 14.7. The minimum absolute atomic E-state index is 0.128. The summed E-state index contributed by atoms with van der Waals surface area (Å²) >= 11 is 0. The van der Waals surface area contributed by atoms with Crippen LogP contribution in [0.1, 0.15) is 21.5 Å². The fraction of sp³-hybridized carbons (Fsp3) is 0.176. The van der Waals surface area contributed by atoms with Crippen LogP contribution in [0.25, 0.3) is 16.5 Å². The Balaban J connectivity index is 2.21. The van der Waals surface area contributed by atoms with E-state index < -0.39 is 11.6 Å². The van der Waals surface area contributed by atoms with Crippen LogP contribution >= 0.6 is 0 Å². The van der Waals surface area contributed by atoms with Crippen molar-refractivity contribution >= 4 is 33.8 Å². The number of aliphatic hydroxyl groups excluding tert-OH is 1. The van der Waals surface area contributed by atoms with Crippen LogP contribution in [-0.2, 0) is 11.2 Å². The number of nitrogens with zero attached hydrogens (tertiary/aromatic N) is 1. The fourth-order valence-electron chi connectivity index (χ4n) is 3.29. The van der Waals surface area contributed by atoms with E-state index in [1.165, 1.54) is 5.56 Å². The molecule has 2 aromatic rings. The molecule has 0 bridgehead atoms. The molecule has 2 aromatic carbocycles. The average molecular weight is 279 g/mol. The molecule has 0 spiro atoms. The molecule has 0 fully saturated rings. The summed E-state index contributed by atoms with van der Waals surface area (Å²) in [5, 5.41) is 11.8. The van der Waals surface area contributed by atoms with Crippen LogP contribution in [0.5, 0.6) is 0 Å². The molecule has 4 rings (SSSR count). The molecular formula is C17H13NO3. The van der Waals surface area contributed by atoms with E-state index in [1.807, 2.05) is 25.2 Å². The van der Waals surface area contributed by atoms with Gasteiger partial charge in [0.2, 0.25) is 11.6 Å². The summed E-state index contributed by atoms with van der Waals surface area (Å²) in [5.41, 5.74) is 2.95. The van der Waals surface area contributed by atoms with Crippen LogP contribution in [0.15, 0.2) is 30.3 Å². The first-order valence-electron chi connectivity index (χ1n) is 6.87. The number of benzene rings is 2. The van der Waals surface area contributed by atoms with Gasteiger partial charge in [0.15, 0.2) is 0 Å². The molecule has 21 heavy (non-hydrogen) atoms. The zero-order valence-electron chi connectivity index (χ0n) is 11.5. The predicted octanol–water partition coefficient (Wildman–Crippen LogP) is 2.50.